The van der Waals surface area contributed by atoms with Crippen LogP contribution in [0.4, 0.5) is 10.5 Å². The van der Waals surface area contributed by atoms with Gasteiger partial charge in [-0.05, 0) is 29.8 Å². The van der Waals surface area contributed by atoms with E-state index in [9.17, 15) is 9.59 Å². The monoisotopic (exact) mass is 318 g/mol. The van der Waals surface area contributed by atoms with Crippen molar-refractivity contribution >= 4 is 29.3 Å². The van der Waals surface area contributed by atoms with E-state index in [1.807, 2.05) is 18.2 Å². The Bertz CT molecular complexity index is 689. The van der Waals surface area contributed by atoms with Gasteiger partial charge in [-0.25, -0.2) is 9.59 Å². The van der Waals surface area contributed by atoms with Crippen molar-refractivity contribution in [2.75, 3.05) is 12.4 Å². The number of halogens is 1. The van der Waals surface area contributed by atoms with Crippen LogP contribution in [0.25, 0.3) is 0 Å². The predicted octanol–water partition coefficient (Wildman–Crippen LogP) is 3.45. The van der Waals surface area contributed by atoms with Crippen LogP contribution in [0.15, 0.2) is 48.5 Å². The highest BCUT2D eigenvalue weighted by atomic mass is 35.5. The molecule has 2 amide bonds. The van der Waals surface area contributed by atoms with E-state index in [-0.39, 0.29) is 6.03 Å². The number of rotatable bonds is 4. The Morgan fingerprint density at radius 3 is 2.64 bits per heavy atom. The lowest BCUT2D eigenvalue weighted by Crippen LogP contribution is -2.28. The molecule has 2 rings (SSSR count). The van der Waals surface area contributed by atoms with E-state index in [2.05, 4.69) is 15.4 Å². The average Bonchev–Trinajstić information content (AvgIpc) is 2.53. The van der Waals surface area contributed by atoms with Crippen molar-refractivity contribution < 1.29 is 14.3 Å². The molecule has 6 heteroatoms. The summed E-state index contributed by atoms with van der Waals surface area (Å²) in [5.41, 5.74) is 1.69. The molecule has 0 saturated carbocycles. The number of methoxy groups -OCH3 is 1. The molecule has 0 atom stereocenters. The maximum absolute atomic E-state index is 11.9. The van der Waals surface area contributed by atoms with Gasteiger partial charge in [-0.2, -0.15) is 0 Å². The van der Waals surface area contributed by atoms with Gasteiger partial charge in [0.2, 0.25) is 0 Å². The van der Waals surface area contributed by atoms with Gasteiger partial charge in [0.15, 0.2) is 0 Å². The lowest BCUT2D eigenvalue weighted by Gasteiger charge is -2.09. The molecule has 0 bridgehead atoms. The van der Waals surface area contributed by atoms with Gasteiger partial charge in [0.1, 0.15) is 0 Å². The fourth-order valence-corrected chi connectivity index (χ4v) is 2.04. The zero-order chi connectivity index (χ0) is 15.9. The van der Waals surface area contributed by atoms with Crippen molar-refractivity contribution in [3.63, 3.8) is 0 Å². The normalized spacial score (nSPS) is 9.91. The summed E-state index contributed by atoms with van der Waals surface area (Å²) >= 11 is 6.02. The summed E-state index contributed by atoms with van der Waals surface area (Å²) in [4.78, 5) is 23.3. The molecule has 0 saturated heterocycles. The van der Waals surface area contributed by atoms with Crippen LogP contribution in [0.3, 0.4) is 0 Å². The first kappa shape index (κ1) is 15.9. The third-order valence-corrected chi connectivity index (χ3v) is 3.31. The van der Waals surface area contributed by atoms with E-state index < -0.39 is 5.97 Å². The first-order chi connectivity index (χ1) is 10.6. The topological polar surface area (TPSA) is 67.4 Å². The second kappa shape index (κ2) is 7.47. The SMILES string of the molecule is COC(=O)c1cccc(NC(=O)NCc2ccccc2Cl)c1. The van der Waals surface area contributed by atoms with Crippen LogP contribution in [-0.4, -0.2) is 19.1 Å². The van der Waals surface area contributed by atoms with Crippen molar-refractivity contribution in [3.05, 3.63) is 64.7 Å². The van der Waals surface area contributed by atoms with Crippen LogP contribution < -0.4 is 10.6 Å². The summed E-state index contributed by atoms with van der Waals surface area (Å²) in [6, 6.07) is 13.4. The number of nitrogens with one attached hydrogen (secondary N) is 2. The quantitative estimate of drug-likeness (QED) is 0.848. The summed E-state index contributed by atoms with van der Waals surface area (Å²) in [6.45, 7) is 0.308. The number of benzene rings is 2. The standard InChI is InChI=1S/C16H15ClN2O3/c1-22-15(20)11-6-4-7-13(9-11)19-16(21)18-10-12-5-2-3-8-14(12)17/h2-9H,10H2,1H3,(H2,18,19,21). The van der Waals surface area contributed by atoms with Crippen LogP contribution in [-0.2, 0) is 11.3 Å². The summed E-state index contributed by atoms with van der Waals surface area (Å²) < 4.78 is 4.63. The van der Waals surface area contributed by atoms with E-state index in [1.54, 1.807) is 30.3 Å². The molecule has 0 aliphatic rings. The molecular formula is C16H15ClN2O3. The Balaban J connectivity index is 1.95. The van der Waals surface area contributed by atoms with Gasteiger partial charge < -0.3 is 15.4 Å². The number of carbonyl (C=O) groups excluding carboxylic acids is 2. The number of urea groups is 1. The van der Waals surface area contributed by atoms with Crippen LogP contribution in [0.5, 0.6) is 0 Å². The number of carbonyl (C=O) groups is 2. The van der Waals surface area contributed by atoms with Crippen molar-refractivity contribution in [1.82, 2.24) is 5.32 Å². The highest BCUT2D eigenvalue weighted by Gasteiger charge is 2.08. The van der Waals surface area contributed by atoms with E-state index in [4.69, 9.17) is 11.6 Å². The van der Waals surface area contributed by atoms with E-state index in [0.717, 1.165) is 5.56 Å². The van der Waals surface area contributed by atoms with Gasteiger partial charge in [-0.3, -0.25) is 0 Å². The molecule has 22 heavy (non-hydrogen) atoms. The van der Waals surface area contributed by atoms with Gasteiger partial charge in [0.25, 0.3) is 0 Å². The van der Waals surface area contributed by atoms with Crippen LogP contribution in [0.2, 0.25) is 5.02 Å². The fraction of sp³-hybridized carbons (Fsp3) is 0.125. The maximum atomic E-state index is 11.9. The number of amides is 2. The molecule has 0 radical (unpaired) electrons. The molecule has 0 aromatic heterocycles. The molecule has 2 aromatic carbocycles. The van der Waals surface area contributed by atoms with Crippen molar-refractivity contribution in [1.29, 1.82) is 0 Å². The minimum atomic E-state index is -0.458. The molecule has 0 aliphatic carbocycles. The van der Waals surface area contributed by atoms with Gasteiger partial charge in [0, 0.05) is 17.3 Å². The Hall–Kier alpha value is -2.53. The van der Waals surface area contributed by atoms with Crippen molar-refractivity contribution in [3.8, 4) is 0 Å². The number of esters is 1. The number of hydrogen-bond donors (Lipinski definition) is 2. The molecule has 0 aliphatic heterocycles. The van der Waals surface area contributed by atoms with Crippen LogP contribution in [0, 0.1) is 0 Å². The Morgan fingerprint density at radius 2 is 1.91 bits per heavy atom. The lowest BCUT2D eigenvalue weighted by atomic mass is 10.2. The molecule has 0 fully saturated rings. The number of anilines is 1. The second-order valence-electron chi connectivity index (χ2n) is 4.47. The predicted molar refractivity (Wildman–Crippen MR) is 85.1 cm³/mol. The zero-order valence-corrected chi connectivity index (χ0v) is 12.7. The molecule has 114 valence electrons. The van der Waals surface area contributed by atoms with Crippen molar-refractivity contribution in [2.24, 2.45) is 0 Å². The third-order valence-electron chi connectivity index (χ3n) is 2.94. The number of ether oxygens (including phenoxy) is 1. The van der Waals surface area contributed by atoms with Gasteiger partial charge in [0.05, 0.1) is 12.7 Å². The van der Waals surface area contributed by atoms with Gasteiger partial charge >= 0.3 is 12.0 Å². The molecular weight excluding hydrogens is 304 g/mol. The third kappa shape index (κ3) is 4.23. The molecule has 0 unspecified atom stereocenters. The zero-order valence-electron chi connectivity index (χ0n) is 11.9. The lowest BCUT2D eigenvalue weighted by molar-refractivity contribution is 0.0600. The molecule has 2 aromatic rings. The van der Waals surface area contributed by atoms with Crippen LogP contribution in [0.1, 0.15) is 15.9 Å². The first-order valence-electron chi connectivity index (χ1n) is 6.57. The summed E-state index contributed by atoms with van der Waals surface area (Å²) in [6.07, 6.45) is 0. The summed E-state index contributed by atoms with van der Waals surface area (Å²) in [7, 11) is 1.30. The summed E-state index contributed by atoms with van der Waals surface area (Å²) in [5, 5.41) is 5.94. The van der Waals surface area contributed by atoms with Crippen molar-refractivity contribution in [2.45, 2.75) is 6.54 Å². The van der Waals surface area contributed by atoms with Crippen LogP contribution >= 0.6 is 11.6 Å². The molecule has 0 heterocycles. The summed E-state index contributed by atoms with van der Waals surface area (Å²) in [5.74, 6) is -0.458. The fourth-order valence-electron chi connectivity index (χ4n) is 1.83. The Kier molecular flexibility index (Phi) is 5.38. The minimum Gasteiger partial charge on any atom is -0.465 e. The first-order valence-corrected chi connectivity index (χ1v) is 6.94. The van der Waals surface area contributed by atoms with Gasteiger partial charge in [-0.1, -0.05) is 35.9 Å². The Labute approximate surface area is 133 Å². The molecule has 5 nitrogen and oxygen atoms in total. The van der Waals surface area contributed by atoms with E-state index in [0.29, 0.717) is 22.8 Å². The Morgan fingerprint density at radius 1 is 1.14 bits per heavy atom. The molecule has 0 spiro atoms. The van der Waals surface area contributed by atoms with E-state index in [1.165, 1.54) is 7.11 Å². The van der Waals surface area contributed by atoms with E-state index >= 15 is 0 Å². The van der Waals surface area contributed by atoms with Gasteiger partial charge in [-0.15, -0.1) is 0 Å². The maximum Gasteiger partial charge on any atom is 0.337 e. The molecule has 2 N–H and O–H groups in total. The minimum absolute atomic E-state index is 0.308. The largest absolute Gasteiger partial charge is 0.465 e. The second-order valence-corrected chi connectivity index (χ2v) is 4.88. The average molecular weight is 319 g/mol. The smallest absolute Gasteiger partial charge is 0.337 e. The highest BCUT2D eigenvalue weighted by molar-refractivity contribution is 6.31. The number of hydrogen-bond acceptors (Lipinski definition) is 3. The highest BCUT2D eigenvalue weighted by Crippen LogP contribution is 2.15.